The molecule has 2 N–H and O–H groups in total. The van der Waals surface area contributed by atoms with Crippen molar-refractivity contribution in [2.24, 2.45) is 11.3 Å². The quantitative estimate of drug-likeness (QED) is 0.703. The maximum atomic E-state index is 10.7. The highest BCUT2D eigenvalue weighted by Gasteiger charge is 2.35. The minimum Gasteiger partial charge on any atom is -0.356 e. The molecular formula is C13H26N2O. The molecule has 1 saturated carbocycles. The predicted octanol–water partition coefficient (Wildman–Crippen LogP) is 1.93. The van der Waals surface area contributed by atoms with Crippen LogP contribution in [0.5, 0.6) is 0 Å². The lowest BCUT2D eigenvalue weighted by molar-refractivity contribution is -0.118. The Kier molecular flexibility index (Phi) is 4.78. The SMILES string of the molecule is CC(=O)NCCCN[C@H]1CC(C)(C)C[C@@H]1C. The fourth-order valence-corrected chi connectivity index (χ4v) is 2.81. The van der Waals surface area contributed by atoms with Crippen molar-refractivity contribution in [1.82, 2.24) is 10.6 Å². The zero-order valence-corrected chi connectivity index (χ0v) is 11.1. The molecular weight excluding hydrogens is 200 g/mol. The molecule has 0 heterocycles. The number of amides is 1. The second kappa shape index (κ2) is 5.67. The van der Waals surface area contributed by atoms with Crippen LogP contribution in [0.1, 0.15) is 47.0 Å². The Morgan fingerprint density at radius 2 is 2.00 bits per heavy atom. The summed E-state index contributed by atoms with van der Waals surface area (Å²) in [6.45, 7) is 10.4. The van der Waals surface area contributed by atoms with Gasteiger partial charge in [0.05, 0.1) is 0 Å². The normalized spacial score (nSPS) is 28.0. The Morgan fingerprint density at radius 1 is 1.31 bits per heavy atom. The topological polar surface area (TPSA) is 41.1 Å². The molecule has 0 aliphatic heterocycles. The van der Waals surface area contributed by atoms with E-state index in [1.165, 1.54) is 12.8 Å². The van der Waals surface area contributed by atoms with Gasteiger partial charge in [-0.3, -0.25) is 4.79 Å². The Balaban J connectivity index is 2.12. The van der Waals surface area contributed by atoms with E-state index in [1.807, 2.05) is 0 Å². The van der Waals surface area contributed by atoms with Gasteiger partial charge in [-0.25, -0.2) is 0 Å². The summed E-state index contributed by atoms with van der Waals surface area (Å²) in [6, 6.07) is 0.660. The van der Waals surface area contributed by atoms with Crippen LogP contribution in [0.4, 0.5) is 0 Å². The largest absolute Gasteiger partial charge is 0.356 e. The standard InChI is InChI=1S/C13H26N2O/c1-10-8-13(3,4)9-12(10)15-7-5-6-14-11(2)16/h10,12,15H,5-9H2,1-4H3,(H,14,16)/t10-,12-/m0/s1. The van der Waals surface area contributed by atoms with Crippen molar-refractivity contribution in [2.75, 3.05) is 13.1 Å². The highest BCUT2D eigenvalue weighted by molar-refractivity contribution is 5.72. The van der Waals surface area contributed by atoms with E-state index in [4.69, 9.17) is 0 Å². The number of nitrogens with one attached hydrogen (secondary N) is 2. The molecule has 0 radical (unpaired) electrons. The van der Waals surface area contributed by atoms with Crippen LogP contribution >= 0.6 is 0 Å². The minimum absolute atomic E-state index is 0.0652. The zero-order valence-electron chi connectivity index (χ0n) is 11.1. The first-order valence-electron chi connectivity index (χ1n) is 6.38. The molecule has 1 amide bonds. The Bertz CT molecular complexity index is 238. The lowest BCUT2D eigenvalue weighted by Gasteiger charge is -2.18. The predicted molar refractivity (Wildman–Crippen MR) is 67.3 cm³/mol. The molecule has 0 aromatic heterocycles. The summed E-state index contributed by atoms with van der Waals surface area (Å²) in [5, 5.41) is 6.43. The third kappa shape index (κ3) is 4.52. The van der Waals surface area contributed by atoms with E-state index in [0.717, 1.165) is 25.4 Å². The average molecular weight is 226 g/mol. The van der Waals surface area contributed by atoms with Gasteiger partial charge in [-0.2, -0.15) is 0 Å². The maximum Gasteiger partial charge on any atom is 0.216 e. The summed E-state index contributed by atoms with van der Waals surface area (Å²) in [7, 11) is 0. The van der Waals surface area contributed by atoms with Crippen LogP contribution in [0, 0.1) is 11.3 Å². The molecule has 1 fully saturated rings. The van der Waals surface area contributed by atoms with Gasteiger partial charge in [0, 0.05) is 19.5 Å². The smallest absolute Gasteiger partial charge is 0.216 e. The van der Waals surface area contributed by atoms with E-state index < -0.39 is 0 Å². The van der Waals surface area contributed by atoms with Crippen molar-refractivity contribution >= 4 is 5.91 Å². The van der Waals surface area contributed by atoms with Gasteiger partial charge in [0.25, 0.3) is 0 Å². The van der Waals surface area contributed by atoms with E-state index in [9.17, 15) is 4.79 Å². The summed E-state index contributed by atoms with van der Waals surface area (Å²) in [5.41, 5.74) is 0.495. The van der Waals surface area contributed by atoms with Gasteiger partial charge in [0.2, 0.25) is 5.91 Å². The second-order valence-electron chi connectivity index (χ2n) is 5.95. The molecule has 0 unspecified atom stereocenters. The van der Waals surface area contributed by atoms with Crippen molar-refractivity contribution in [3.63, 3.8) is 0 Å². The maximum absolute atomic E-state index is 10.7. The molecule has 2 atom stereocenters. The monoisotopic (exact) mass is 226 g/mol. The summed E-state index contributed by atoms with van der Waals surface area (Å²) in [4.78, 5) is 10.7. The zero-order chi connectivity index (χ0) is 12.2. The van der Waals surface area contributed by atoms with Gasteiger partial charge in [-0.05, 0) is 37.1 Å². The molecule has 94 valence electrons. The molecule has 0 aromatic carbocycles. The number of carbonyl (C=O) groups excluding carboxylic acids is 1. The fraction of sp³-hybridized carbons (Fsp3) is 0.923. The first-order chi connectivity index (χ1) is 7.41. The first-order valence-corrected chi connectivity index (χ1v) is 6.38. The van der Waals surface area contributed by atoms with Crippen LogP contribution in [0.15, 0.2) is 0 Å². The van der Waals surface area contributed by atoms with E-state index in [-0.39, 0.29) is 5.91 Å². The Hall–Kier alpha value is -0.570. The summed E-state index contributed by atoms with van der Waals surface area (Å²) in [6.07, 6.45) is 3.61. The van der Waals surface area contributed by atoms with Gasteiger partial charge in [0.1, 0.15) is 0 Å². The molecule has 1 aliphatic rings. The van der Waals surface area contributed by atoms with Crippen LogP contribution < -0.4 is 10.6 Å². The van der Waals surface area contributed by atoms with E-state index in [1.54, 1.807) is 6.92 Å². The third-order valence-corrected chi connectivity index (χ3v) is 3.47. The average Bonchev–Trinajstić information content (AvgIpc) is 2.38. The molecule has 3 nitrogen and oxygen atoms in total. The summed E-state index contributed by atoms with van der Waals surface area (Å²) in [5.74, 6) is 0.839. The molecule has 1 rings (SSSR count). The fourth-order valence-electron chi connectivity index (χ4n) is 2.81. The Morgan fingerprint density at radius 3 is 2.50 bits per heavy atom. The minimum atomic E-state index is 0.0652. The van der Waals surface area contributed by atoms with Gasteiger partial charge in [-0.1, -0.05) is 20.8 Å². The number of hydrogen-bond acceptors (Lipinski definition) is 2. The van der Waals surface area contributed by atoms with E-state index in [2.05, 4.69) is 31.4 Å². The molecule has 0 spiro atoms. The number of hydrogen-bond donors (Lipinski definition) is 2. The number of rotatable bonds is 5. The molecule has 1 aliphatic carbocycles. The van der Waals surface area contributed by atoms with Gasteiger partial charge in [-0.15, -0.1) is 0 Å². The van der Waals surface area contributed by atoms with Crippen molar-refractivity contribution in [3.05, 3.63) is 0 Å². The van der Waals surface area contributed by atoms with Crippen molar-refractivity contribution < 1.29 is 4.79 Å². The van der Waals surface area contributed by atoms with Crippen LogP contribution in [-0.4, -0.2) is 25.0 Å². The molecule has 0 bridgehead atoms. The highest BCUT2D eigenvalue weighted by atomic mass is 16.1. The van der Waals surface area contributed by atoms with E-state index in [0.29, 0.717) is 11.5 Å². The summed E-state index contributed by atoms with van der Waals surface area (Å²) < 4.78 is 0. The van der Waals surface area contributed by atoms with Crippen molar-refractivity contribution in [2.45, 2.75) is 53.0 Å². The second-order valence-corrected chi connectivity index (χ2v) is 5.95. The summed E-state index contributed by atoms with van der Waals surface area (Å²) >= 11 is 0. The van der Waals surface area contributed by atoms with Crippen LogP contribution in [-0.2, 0) is 4.79 Å². The van der Waals surface area contributed by atoms with Gasteiger partial charge in [0.15, 0.2) is 0 Å². The van der Waals surface area contributed by atoms with Crippen LogP contribution in [0.3, 0.4) is 0 Å². The molecule has 0 saturated heterocycles. The molecule has 16 heavy (non-hydrogen) atoms. The van der Waals surface area contributed by atoms with Crippen molar-refractivity contribution in [1.29, 1.82) is 0 Å². The van der Waals surface area contributed by atoms with Gasteiger partial charge >= 0.3 is 0 Å². The van der Waals surface area contributed by atoms with Gasteiger partial charge < -0.3 is 10.6 Å². The van der Waals surface area contributed by atoms with E-state index >= 15 is 0 Å². The molecule has 0 aromatic rings. The van der Waals surface area contributed by atoms with Crippen LogP contribution in [0.25, 0.3) is 0 Å². The Labute approximate surface area is 99.4 Å². The third-order valence-electron chi connectivity index (χ3n) is 3.47. The lowest BCUT2D eigenvalue weighted by Crippen LogP contribution is -2.34. The van der Waals surface area contributed by atoms with Crippen LogP contribution in [0.2, 0.25) is 0 Å². The lowest BCUT2D eigenvalue weighted by atomic mass is 9.91. The van der Waals surface area contributed by atoms with Crippen molar-refractivity contribution in [3.8, 4) is 0 Å². The number of carbonyl (C=O) groups is 1. The first kappa shape index (κ1) is 13.5. The highest BCUT2D eigenvalue weighted by Crippen LogP contribution is 2.40. The molecule has 3 heteroatoms.